The van der Waals surface area contributed by atoms with Crippen LogP contribution in [0.2, 0.25) is 5.02 Å². The number of nitrogens with zero attached hydrogens (tertiary/aromatic N) is 1. The molecule has 0 heterocycles. The lowest BCUT2D eigenvalue weighted by molar-refractivity contribution is 0.234. The maximum absolute atomic E-state index is 11.5. The summed E-state index contributed by atoms with van der Waals surface area (Å²) in [6, 6.07) is 6.58. The number of benzene rings is 1. The van der Waals surface area contributed by atoms with Crippen LogP contribution in [0.3, 0.4) is 0 Å². The largest absolute Gasteiger partial charge is 0.290 e. The Labute approximate surface area is 89.2 Å². The molecule has 1 atom stereocenters. The van der Waals surface area contributed by atoms with Gasteiger partial charge in [-0.3, -0.25) is 10.7 Å². The molecule has 0 radical (unpaired) electrons. The molecule has 0 saturated heterocycles. The van der Waals surface area contributed by atoms with Crippen molar-refractivity contribution in [1.29, 1.82) is 0 Å². The zero-order valence-corrected chi connectivity index (χ0v) is 8.97. The molecule has 4 nitrogen and oxygen atoms in total. The summed E-state index contributed by atoms with van der Waals surface area (Å²) in [6.07, 6.45) is 0. The fourth-order valence-electron chi connectivity index (χ4n) is 0.773. The van der Waals surface area contributed by atoms with Crippen molar-refractivity contribution >= 4 is 28.4 Å². The van der Waals surface area contributed by atoms with Crippen LogP contribution in [0, 0.1) is 0 Å². The maximum Gasteiger partial charge on any atom is 0.174 e. The Kier molecular flexibility index (Phi) is 4.06. The van der Waals surface area contributed by atoms with E-state index in [0.29, 0.717) is 9.92 Å². The lowest BCUT2D eigenvalue weighted by atomic mass is 10.4. The average molecular weight is 233 g/mol. The average Bonchev–Trinajstić information content (AvgIpc) is 2.17. The molecule has 1 unspecified atom stereocenters. The van der Waals surface area contributed by atoms with E-state index in [1.165, 1.54) is 6.92 Å². The fourth-order valence-corrected chi connectivity index (χ4v) is 1.85. The highest BCUT2D eigenvalue weighted by Gasteiger charge is 2.02. The van der Waals surface area contributed by atoms with E-state index in [1.54, 1.807) is 29.7 Å². The number of halogens is 1. The summed E-state index contributed by atoms with van der Waals surface area (Å²) in [5, 5.41) is 8.94. The molecule has 0 saturated carbocycles. The van der Waals surface area contributed by atoms with Crippen molar-refractivity contribution in [3.05, 3.63) is 29.3 Å². The molecule has 0 aliphatic rings. The van der Waals surface area contributed by atoms with Gasteiger partial charge in [0.1, 0.15) is 5.84 Å². The molecular weight excluding hydrogens is 224 g/mol. The highest BCUT2D eigenvalue weighted by atomic mass is 35.5. The standard InChI is InChI=1S/C8H9ClN2O2S/c1-6(10-12)11-14(13)8-4-2-3-7(9)5-8/h2-5,12H,1H3,(H,10,11). The van der Waals surface area contributed by atoms with Crippen molar-refractivity contribution < 1.29 is 9.42 Å². The van der Waals surface area contributed by atoms with Crippen LogP contribution in [0.25, 0.3) is 0 Å². The fraction of sp³-hybridized carbons (Fsp3) is 0.125. The SMILES string of the molecule is CC(=NS(=O)c1cccc(Cl)c1)NO. The molecule has 0 fully saturated rings. The third kappa shape index (κ3) is 3.10. The predicted molar refractivity (Wildman–Crippen MR) is 55.9 cm³/mol. The number of rotatable bonds is 2. The van der Waals surface area contributed by atoms with Crippen LogP contribution in [0.1, 0.15) is 6.92 Å². The highest BCUT2D eigenvalue weighted by Crippen LogP contribution is 2.14. The second-order valence-electron chi connectivity index (χ2n) is 2.50. The molecule has 0 aromatic heterocycles. The van der Waals surface area contributed by atoms with Crippen molar-refractivity contribution in [3.63, 3.8) is 0 Å². The predicted octanol–water partition coefficient (Wildman–Crippen LogP) is 1.76. The van der Waals surface area contributed by atoms with E-state index >= 15 is 0 Å². The lowest BCUT2D eigenvalue weighted by Crippen LogP contribution is -2.15. The van der Waals surface area contributed by atoms with E-state index in [0.717, 1.165) is 0 Å². The summed E-state index contributed by atoms with van der Waals surface area (Å²) in [5.41, 5.74) is 1.80. The minimum atomic E-state index is -1.54. The van der Waals surface area contributed by atoms with Gasteiger partial charge in [-0.25, -0.2) is 4.21 Å². The summed E-state index contributed by atoms with van der Waals surface area (Å²) < 4.78 is 15.2. The first kappa shape index (κ1) is 11.2. The summed E-state index contributed by atoms with van der Waals surface area (Å²) in [6.45, 7) is 1.50. The number of hydrogen-bond donors (Lipinski definition) is 2. The third-order valence-corrected chi connectivity index (χ3v) is 2.71. The van der Waals surface area contributed by atoms with E-state index in [4.69, 9.17) is 16.8 Å². The first-order valence-electron chi connectivity index (χ1n) is 3.76. The summed E-state index contributed by atoms with van der Waals surface area (Å²) in [5.74, 6) is 0.184. The summed E-state index contributed by atoms with van der Waals surface area (Å²) in [4.78, 5) is 0.493. The maximum atomic E-state index is 11.5. The zero-order chi connectivity index (χ0) is 10.6. The Morgan fingerprint density at radius 1 is 1.64 bits per heavy atom. The Bertz CT molecular complexity index is 381. The van der Waals surface area contributed by atoms with E-state index in [1.807, 2.05) is 0 Å². The van der Waals surface area contributed by atoms with Gasteiger partial charge in [-0.2, -0.15) is 4.40 Å². The van der Waals surface area contributed by atoms with Crippen molar-refractivity contribution in [2.75, 3.05) is 0 Å². The zero-order valence-electron chi connectivity index (χ0n) is 7.40. The smallest absolute Gasteiger partial charge is 0.174 e. The Morgan fingerprint density at radius 2 is 2.36 bits per heavy atom. The topological polar surface area (TPSA) is 61.7 Å². The molecule has 1 aromatic rings. The number of nitrogens with one attached hydrogen (secondary N) is 1. The van der Waals surface area contributed by atoms with Crippen molar-refractivity contribution in [1.82, 2.24) is 5.48 Å². The summed E-state index contributed by atoms with van der Waals surface area (Å²) in [7, 11) is -1.54. The molecule has 0 spiro atoms. The highest BCUT2D eigenvalue weighted by molar-refractivity contribution is 7.83. The first-order valence-corrected chi connectivity index (χ1v) is 5.25. The molecule has 6 heteroatoms. The minimum absolute atomic E-state index is 0.184. The van der Waals surface area contributed by atoms with Gasteiger partial charge >= 0.3 is 0 Å². The monoisotopic (exact) mass is 232 g/mol. The molecule has 0 bridgehead atoms. The lowest BCUT2D eigenvalue weighted by Gasteiger charge is -1.98. The molecule has 1 aromatic carbocycles. The number of amidine groups is 1. The van der Waals surface area contributed by atoms with Gasteiger partial charge in [0, 0.05) is 5.02 Å². The molecule has 0 aliphatic carbocycles. The van der Waals surface area contributed by atoms with E-state index < -0.39 is 11.0 Å². The van der Waals surface area contributed by atoms with Gasteiger partial charge in [-0.15, -0.1) is 0 Å². The first-order chi connectivity index (χ1) is 6.63. The molecular formula is C8H9ClN2O2S. The van der Waals surface area contributed by atoms with Crippen LogP contribution in [-0.4, -0.2) is 15.3 Å². The molecule has 0 amide bonds. The normalized spacial score (nSPS) is 13.8. The van der Waals surface area contributed by atoms with Crippen molar-refractivity contribution in [2.24, 2.45) is 4.40 Å². The van der Waals surface area contributed by atoms with Crippen LogP contribution in [0.4, 0.5) is 0 Å². The van der Waals surface area contributed by atoms with Gasteiger partial charge in [-0.05, 0) is 25.1 Å². The Balaban J connectivity index is 2.90. The van der Waals surface area contributed by atoms with Crippen LogP contribution in [0.5, 0.6) is 0 Å². The Morgan fingerprint density at radius 3 is 2.93 bits per heavy atom. The Hall–Kier alpha value is -0.910. The second kappa shape index (κ2) is 5.09. The number of hydroxylamine groups is 1. The molecule has 76 valence electrons. The quantitative estimate of drug-likeness (QED) is 0.464. The van der Waals surface area contributed by atoms with Crippen LogP contribution in [0.15, 0.2) is 33.6 Å². The van der Waals surface area contributed by atoms with Gasteiger partial charge < -0.3 is 0 Å². The van der Waals surface area contributed by atoms with E-state index in [2.05, 4.69) is 4.40 Å². The third-order valence-electron chi connectivity index (χ3n) is 1.38. The number of hydrogen-bond acceptors (Lipinski definition) is 2. The van der Waals surface area contributed by atoms with Crippen molar-refractivity contribution in [2.45, 2.75) is 11.8 Å². The van der Waals surface area contributed by atoms with E-state index in [9.17, 15) is 4.21 Å². The van der Waals surface area contributed by atoms with Crippen LogP contribution < -0.4 is 5.48 Å². The summed E-state index contributed by atoms with van der Waals surface area (Å²) >= 11 is 5.71. The van der Waals surface area contributed by atoms with Gasteiger partial charge in [0.2, 0.25) is 0 Å². The van der Waals surface area contributed by atoms with Gasteiger partial charge in [0.25, 0.3) is 0 Å². The van der Waals surface area contributed by atoms with Crippen molar-refractivity contribution in [3.8, 4) is 0 Å². The molecule has 2 N–H and O–H groups in total. The van der Waals surface area contributed by atoms with E-state index in [-0.39, 0.29) is 5.84 Å². The van der Waals surface area contributed by atoms with Gasteiger partial charge in [0.15, 0.2) is 11.0 Å². The van der Waals surface area contributed by atoms with Crippen LogP contribution >= 0.6 is 11.6 Å². The molecule has 14 heavy (non-hydrogen) atoms. The van der Waals surface area contributed by atoms with Gasteiger partial charge in [0.05, 0.1) is 4.90 Å². The second-order valence-corrected chi connectivity index (χ2v) is 4.08. The minimum Gasteiger partial charge on any atom is -0.290 e. The van der Waals surface area contributed by atoms with Gasteiger partial charge in [-0.1, -0.05) is 17.7 Å². The molecule has 1 rings (SSSR count). The van der Waals surface area contributed by atoms with Crippen LogP contribution in [-0.2, 0) is 11.0 Å². The molecule has 0 aliphatic heterocycles.